The minimum Gasteiger partial charge on any atom is -0.298 e. The molecule has 2 heterocycles. The highest BCUT2D eigenvalue weighted by molar-refractivity contribution is 5.30. The van der Waals surface area contributed by atoms with Crippen molar-refractivity contribution >= 4 is 0 Å². The van der Waals surface area contributed by atoms with Gasteiger partial charge in [-0.15, -0.1) is 0 Å². The maximum atomic E-state index is 4.55. The Morgan fingerprint density at radius 2 is 1.79 bits per heavy atom. The van der Waals surface area contributed by atoms with Gasteiger partial charge in [-0.3, -0.25) is 14.8 Å². The van der Waals surface area contributed by atoms with Crippen molar-refractivity contribution in [3.05, 3.63) is 65.0 Å². The Morgan fingerprint density at radius 1 is 1.00 bits per heavy atom. The summed E-state index contributed by atoms with van der Waals surface area (Å²) in [5, 5.41) is 0. The number of fused-ring (bicyclic) bond motifs is 1. The normalized spacial score (nSPS) is 22.3. The third kappa shape index (κ3) is 3.38. The molecular weight excluding hydrogens is 294 g/mol. The van der Waals surface area contributed by atoms with E-state index in [9.17, 15) is 0 Å². The van der Waals surface area contributed by atoms with Gasteiger partial charge in [-0.05, 0) is 48.9 Å². The van der Waals surface area contributed by atoms with Gasteiger partial charge in [-0.2, -0.15) is 0 Å². The molecule has 2 aromatic rings. The van der Waals surface area contributed by atoms with Gasteiger partial charge >= 0.3 is 0 Å². The lowest BCUT2D eigenvalue weighted by atomic mass is 9.87. The Balaban J connectivity index is 1.33. The first-order valence-corrected chi connectivity index (χ1v) is 9.23. The van der Waals surface area contributed by atoms with Crippen LogP contribution in [0, 0.1) is 6.92 Å². The van der Waals surface area contributed by atoms with Gasteiger partial charge in [0, 0.05) is 45.0 Å². The van der Waals surface area contributed by atoms with Crippen molar-refractivity contribution in [1.29, 1.82) is 0 Å². The van der Waals surface area contributed by atoms with Crippen molar-refractivity contribution in [3.8, 4) is 0 Å². The number of piperazine rings is 1. The zero-order chi connectivity index (χ0) is 16.4. The van der Waals surface area contributed by atoms with Crippen molar-refractivity contribution < 1.29 is 0 Å². The van der Waals surface area contributed by atoms with Gasteiger partial charge in [-0.25, -0.2) is 0 Å². The smallest absolute Gasteiger partial charge is 0.0573 e. The molecule has 0 radical (unpaired) electrons. The molecule has 0 bridgehead atoms. The molecular formula is C21H27N3. The quantitative estimate of drug-likeness (QED) is 0.866. The van der Waals surface area contributed by atoms with E-state index in [1.54, 1.807) is 11.1 Å². The van der Waals surface area contributed by atoms with Crippen LogP contribution in [0.2, 0.25) is 0 Å². The molecule has 3 nitrogen and oxygen atoms in total. The number of nitrogens with zero attached hydrogens (tertiary/aromatic N) is 3. The molecule has 1 atom stereocenters. The minimum atomic E-state index is 0.735. The van der Waals surface area contributed by atoms with Crippen LogP contribution in [0.25, 0.3) is 0 Å². The predicted octanol–water partition coefficient (Wildman–Crippen LogP) is 3.07. The number of benzene rings is 1. The molecule has 0 amide bonds. The van der Waals surface area contributed by atoms with Crippen LogP contribution >= 0.6 is 0 Å². The largest absolute Gasteiger partial charge is 0.298 e. The number of aromatic nitrogens is 1. The van der Waals surface area contributed by atoms with Crippen LogP contribution in [-0.4, -0.2) is 47.0 Å². The summed E-state index contributed by atoms with van der Waals surface area (Å²) in [7, 11) is 0. The maximum absolute atomic E-state index is 4.55. The molecule has 0 unspecified atom stereocenters. The summed E-state index contributed by atoms with van der Waals surface area (Å²) in [5.74, 6) is 0. The molecule has 1 aliphatic carbocycles. The van der Waals surface area contributed by atoms with Crippen molar-refractivity contribution in [2.24, 2.45) is 0 Å². The van der Waals surface area contributed by atoms with Crippen LogP contribution in [0.4, 0.5) is 0 Å². The maximum Gasteiger partial charge on any atom is 0.0573 e. The molecule has 0 spiro atoms. The molecule has 24 heavy (non-hydrogen) atoms. The fourth-order valence-electron chi connectivity index (χ4n) is 4.17. The lowest BCUT2D eigenvalue weighted by Crippen LogP contribution is -2.51. The van der Waals surface area contributed by atoms with E-state index in [-0.39, 0.29) is 0 Å². The van der Waals surface area contributed by atoms with Gasteiger partial charge in [0.05, 0.1) is 5.69 Å². The second kappa shape index (κ2) is 7.04. The van der Waals surface area contributed by atoms with Gasteiger partial charge in [0.1, 0.15) is 0 Å². The fourth-order valence-corrected chi connectivity index (χ4v) is 4.17. The Morgan fingerprint density at radius 3 is 2.58 bits per heavy atom. The molecule has 126 valence electrons. The molecule has 2 aliphatic rings. The van der Waals surface area contributed by atoms with Crippen LogP contribution < -0.4 is 0 Å². The van der Waals surface area contributed by atoms with Crippen LogP contribution in [0.15, 0.2) is 42.6 Å². The fraction of sp³-hybridized carbons (Fsp3) is 0.476. The molecule has 0 saturated carbocycles. The molecule has 0 N–H and O–H groups in total. The molecule has 4 rings (SSSR count). The van der Waals surface area contributed by atoms with E-state index >= 15 is 0 Å². The molecule has 1 aromatic carbocycles. The Bertz CT molecular complexity index is 689. The van der Waals surface area contributed by atoms with Crippen molar-refractivity contribution in [1.82, 2.24) is 14.8 Å². The SMILES string of the molecule is Cc1cccnc1CN1CCN([C@H]2CCc3ccccc3C2)CC1. The zero-order valence-electron chi connectivity index (χ0n) is 14.6. The summed E-state index contributed by atoms with van der Waals surface area (Å²) in [4.78, 5) is 9.83. The number of pyridine rings is 1. The van der Waals surface area contributed by atoms with Crippen molar-refractivity contribution in [3.63, 3.8) is 0 Å². The number of hydrogen-bond acceptors (Lipinski definition) is 3. The second-order valence-electron chi connectivity index (χ2n) is 7.24. The lowest BCUT2D eigenvalue weighted by molar-refractivity contribution is 0.0848. The van der Waals surface area contributed by atoms with E-state index < -0.39 is 0 Å². The summed E-state index contributed by atoms with van der Waals surface area (Å²) >= 11 is 0. The Hall–Kier alpha value is -1.71. The average Bonchev–Trinajstić information content (AvgIpc) is 2.64. The predicted molar refractivity (Wildman–Crippen MR) is 98.1 cm³/mol. The molecule has 1 saturated heterocycles. The van der Waals surface area contributed by atoms with Gasteiger partial charge in [0.2, 0.25) is 0 Å². The average molecular weight is 321 g/mol. The third-order valence-corrected chi connectivity index (χ3v) is 5.74. The van der Waals surface area contributed by atoms with E-state index in [1.165, 1.54) is 43.6 Å². The first-order chi connectivity index (χ1) is 11.8. The molecule has 1 fully saturated rings. The second-order valence-corrected chi connectivity index (χ2v) is 7.24. The lowest BCUT2D eigenvalue weighted by Gasteiger charge is -2.41. The summed E-state index contributed by atoms with van der Waals surface area (Å²) in [6.07, 6.45) is 5.71. The highest BCUT2D eigenvalue weighted by Crippen LogP contribution is 2.25. The van der Waals surface area contributed by atoms with Crippen LogP contribution in [0.1, 0.15) is 28.8 Å². The molecule has 3 heteroatoms. The van der Waals surface area contributed by atoms with Crippen molar-refractivity contribution in [2.45, 2.75) is 38.8 Å². The van der Waals surface area contributed by atoms with Gasteiger partial charge in [0.25, 0.3) is 0 Å². The Labute approximate surface area is 145 Å². The van der Waals surface area contributed by atoms with Gasteiger partial charge in [0.15, 0.2) is 0 Å². The van der Waals surface area contributed by atoms with E-state index in [1.807, 2.05) is 12.3 Å². The minimum absolute atomic E-state index is 0.735. The summed E-state index contributed by atoms with van der Waals surface area (Å²) in [5.41, 5.74) is 5.68. The Kier molecular flexibility index (Phi) is 4.63. The summed E-state index contributed by atoms with van der Waals surface area (Å²) in [6.45, 7) is 7.87. The van der Waals surface area contributed by atoms with E-state index in [2.05, 4.69) is 52.0 Å². The van der Waals surface area contributed by atoms with Crippen LogP contribution in [-0.2, 0) is 19.4 Å². The van der Waals surface area contributed by atoms with Gasteiger partial charge < -0.3 is 0 Å². The number of rotatable bonds is 3. The zero-order valence-corrected chi connectivity index (χ0v) is 14.6. The highest BCUT2D eigenvalue weighted by Gasteiger charge is 2.27. The first kappa shape index (κ1) is 15.8. The third-order valence-electron chi connectivity index (χ3n) is 5.74. The number of hydrogen-bond donors (Lipinski definition) is 0. The standard InChI is InChI=1S/C21H27N3/c1-17-5-4-10-22-21(17)16-23-11-13-24(14-12-23)20-9-8-18-6-2-3-7-19(18)15-20/h2-7,10,20H,8-9,11-16H2,1H3/t20-/m0/s1. The number of aryl methyl sites for hydroxylation is 2. The first-order valence-electron chi connectivity index (χ1n) is 9.23. The van der Waals surface area contributed by atoms with Gasteiger partial charge in [-0.1, -0.05) is 30.3 Å². The topological polar surface area (TPSA) is 19.4 Å². The monoisotopic (exact) mass is 321 g/mol. The van der Waals surface area contributed by atoms with E-state index in [4.69, 9.17) is 0 Å². The molecule has 1 aliphatic heterocycles. The summed E-state index contributed by atoms with van der Waals surface area (Å²) in [6, 6.07) is 13.9. The van der Waals surface area contributed by atoms with E-state index in [0.29, 0.717) is 0 Å². The highest BCUT2D eigenvalue weighted by atomic mass is 15.3. The molecule has 1 aromatic heterocycles. The van der Waals surface area contributed by atoms with Crippen LogP contribution in [0.5, 0.6) is 0 Å². The summed E-state index contributed by atoms with van der Waals surface area (Å²) < 4.78 is 0. The van der Waals surface area contributed by atoms with Crippen LogP contribution in [0.3, 0.4) is 0 Å². The van der Waals surface area contributed by atoms with E-state index in [0.717, 1.165) is 25.7 Å². The van der Waals surface area contributed by atoms with Crippen molar-refractivity contribution in [2.75, 3.05) is 26.2 Å².